The monoisotopic (exact) mass is 225 g/mol. The Labute approximate surface area is 94.2 Å². The van der Waals surface area contributed by atoms with E-state index >= 15 is 0 Å². The molecule has 1 rings (SSSR count). The second kappa shape index (κ2) is 4.94. The maximum absolute atomic E-state index is 11.2. The van der Waals surface area contributed by atoms with Crippen LogP contribution in [0.5, 0.6) is 0 Å². The predicted molar refractivity (Wildman–Crippen MR) is 59.3 cm³/mol. The molecule has 0 amide bonds. The number of hydrogen-bond donors (Lipinski definition) is 0. The van der Waals surface area contributed by atoms with E-state index in [1.807, 2.05) is 0 Å². The number of allylic oxidation sites excluding steroid dienone is 3. The first-order valence-corrected chi connectivity index (χ1v) is 4.97. The minimum atomic E-state index is -1.62. The summed E-state index contributed by atoms with van der Waals surface area (Å²) in [4.78, 5) is 10.7. The van der Waals surface area contributed by atoms with Crippen molar-refractivity contribution in [1.29, 1.82) is 0 Å². The van der Waals surface area contributed by atoms with Gasteiger partial charge in [0.1, 0.15) is 0 Å². The standard InChI is InChI=1S/C11H15NO4/c1-4-9-6-7-10(16-5-2)11(8-9,15-3)12(13)14/h4,6-7H,1,5,8H2,2-3H3. The normalized spacial score (nSPS) is 24.4. The maximum Gasteiger partial charge on any atom is 0.386 e. The molecule has 0 aromatic rings. The number of ether oxygens (including phenoxy) is 2. The molecule has 0 bridgehead atoms. The van der Waals surface area contributed by atoms with Crippen LogP contribution in [0.2, 0.25) is 0 Å². The summed E-state index contributed by atoms with van der Waals surface area (Å²) in [6.45, 7) is 5.73. The van der Waals surface area contributed by atoms with Crippen molar-refractivity contribution in [3.8, 4) is 0 Å². The van der Waals surface area contributed by atoms with Crippen LogP contribution in [0.15, 0.2) is 36.1 Å². The van der Waals surface area contributed by atoms with Gasteiger partial charge >= 0.3 is 5.72 Å². The molecule has 1 atom stereocenters. The van der Waals surface area contributed by atoms with Crippen molar-refractivity contribution in [3.63, 3.8) is 0 Å². The Hall–Kier alpha value is -1.62. The maximum atomic E-state index is 11.2. The quantitative estimate of drug-likeness (QED) is 0.408. The van der Waals surface area contributed by atoms with Gasteiger partial charge in [0.15, 0.2) is 0 Å². The Balaban J connectivity index is 3.15. The zero-order valence-corrected chi connectivity index (χ0v) is 9.43. The number of nitro groups is 1. The third-order valence-corrected chi connectivity index (χ3v) is 2.47. The van der Waals surface area contributed by atoms with Crippen molar-refractivity contribution >= 4 is 0 Å². The van der Waals surface area contributed by atoms with Gasteiger partial charge in [0.25, 0.3) is 0 Å². The van der Waals surface area contributed by atoms with Gasteiger partial charge in [0.2, 0.25) is 5.76 Å². The fourth-order valence-corrected chi connectivity index (χ4v) is 1.59. The highest BCUT2D eigenvalue weighted by Crippen LogP contribution is 2.34. The fourth-order valence-electron chi connectivity index (χ4n) is 1.59. The smallest absolute Gasteiger partial charge is 0.386 e. The van der Waals surface area contributed by atoms with Crippen LogP contribution in [0.3, 0.4) is 0 Å². The highest BCUT2D eigenvalue weighted by Gasteiger charge is 2.50. The van der Waals surface area contributed by atoms with E-state index < -0.39 is 10.6 Å². The van der Waals surface area contributed by atoms with Crippen molar-refractivity contribution in [3.05, 3.63) is 46.3 Å². The van der Waals surface area contributed by atoms with Gasteiger partial charge in [-0.15, -0.1) is 0 Å². The molecule has 0 spiro atoms. The molecule has 0 radical (unpaired) electrons. The summed E-state index contributed by atoms with van der Waals surface area (Å²) < 4.78 is 10.3. The Morgan fingerprint density at radius 3 is 2.81 bits per heavy atom. The molecular weight excluding hydrogens is 210 g/mol. The Kier molecular flexibility index (Phi) is 3.84. The van der Waals surface area contributed by atoms with Gasteiger partial charge in [-0.1, -0.05) is 18.7 Å². The first-order valence-electron chi connectivity index (χ1n) is 4.97. The van der Waals surface area contributed by atoms with E-state index in [4.69, 9.17) is 9.47 Å². The van der Waals surface area contributed by atoms with E-state index in [2.05, 4.69) is 6.58 Å². The Morgan fingerprint density at radius 1 is 1.69 bits per heavy atom. The second-order valence-corrected chi connectivity index (χ2v) is 3.33. The van der Waals surface area contributed by atoms with Crippen molar-refractivity contribution in [1.82, 2.24) is 0 Å². The van der Waals surface area contributed by atoms with Gasteiger partial charge in [-0.3, -0.25) is 10.1 Å². The molecule has 1 unspecified atom stereocenters. The zero-order valence-electron chi connectivity index (χ0n) is 9.43. The number of hydrogen-bond acceptors (Lipinski definition) is 4. The number of rotatable bonds is 5. The van der Waals surface area contributed by atoms with Crippen molar-refractivity contribution in [2.24, 2.45) is 0 Å². The van der Waals surface area contributed by atoms with Crippen LogP contribution in [-0.4, -0.2) is 24.4 Å². The van der Waals surface area contributed by atoms with E-state index in [0.717, 1.165) is 5.57 Å². The molecule has 0 aromatic carbocycles. The molecule has 16 heavy (non-hydrogen) atoms. The summed E-state index contributed by atoms with van der Waals surface area (Å²) in [5.74, 6) is 0.230. The molecular formula is C11H15NO4. The lowest BCUT2D eigenvalue weighted by atomic mass is 9.95. The zero-order chi connectivity index (χ0) is 12.2. The van der Waals surface area contributed by atoms with Gasteiger partial charge in [0, 0.05) is 7.11 Å². The van der Waals surface area contributed by atoms with Gasteiger partial charge in [0.05, 0.1) is 18.0 Å². The van der Waals surface area contributed by atoms with Crippen LogP contribution in [0.25, 0.3) is 0 Å². The Morgan fingerprint density at radius 2 is 2.38 bits per heavy atom. The summed E-state index contributed by atoms with van der Waals surface area (Å²) in [6, 6.07) is 0. The summed E-state index contributed by atoms with van der Waals surface area (Å²) >= 11 is 0. The highest BCUT2D eigenvalue weighted by atomic mass is 16.7. The first kappa shape index (κ1) is 12.4. The molecule has 0 aromatic heterocycles. The number of methoxy groups -OCH3 is 1. The van der Waals surface area contributed by atoms with Crippen LogP contribution in [0, 0.1) is 10.1 Å². The van der Waals surface area contributed by atoms with Gasteiger partial charge in [-0.25, -0.2) is 0 Å². The lowest BCUT2D eigenvalue weighted by molar-refractivity contribution is -0.619. The largest absolute Gasteiger partial charge is 0.489 e. The molecule has 0 aliphatic heterocycles. The van der Waals surface area contributed by atoms with Crippen molar-refractivity contribution in [2.45, 2.75) is 19.1 Å². The van der Waals surface area contributed by atoms with Crippen molar-refractivity contribution in [2.75, 3.05) is 13.7 Å². The SMILES string of the molecule is C=CC1=CC=C(OCC)C(OC)([N+](=O)[O-])C1. The minimum absolute atomic E-state index is 0.131. The van der Waals surface area contributed by atoms with E-state index in [1.54, 1.807) is 25.2 Å². The van der Waals surface area contributed by atoms with Crippen LogP contribution in [-0.2, 0) is 9.47 Å². The van der Waals surface area contributed by atoms with Gasteiger partial charge < -0.3 is 9.47 Å². The average Bonchev–Trinajstić information content (AvgIpc) is 2.29. The summed E-state index contributed by atoms with van der Waals surface area (Å²) in [5, 5.41) is 11.2. The van der Waals surface area contributed by atoms with E-state index in [0.29, 0.717) is 6.61 Å². The van der Waals surface area contributed by atoms with Crippen LogP contribution in [0.4, 0.5) is 0 Å². The van der Waals surface area contributed by atoms with Crippen molar-refractivity contribution < 1.29 is 14.4 Å². The second-order valence-electron chi connectivity index (χ2n) is 3.33. The summed E-state index contributed by atoms with van der Waals surface area (Å²) in [5.41, 5.74) is -0.865. The topological polar surface area (TPSA) is 61.6 Å². The third-order valence-electron chi connectivity index (χ3n) is 2.47. The summed E-state index contributed by atoms with van der Waals surface area (Å²) in [7, 11) is 1.31. The fraction of sp³-hybridized carbons (Fsp3) is 0.455. The lowest BCUT2D eigenvalue weighted by Crippen LogP contribution is -2.44. The van der Waals surface area contributed by atoms with Crippen LogP contribution >= 0.6 is 0 Å². The molecule has 1 aliphatic carbocycles. The molecule has 0 saturated carbocycles. The minimum Gasteiger partial charge on any atom is -0.489 e. The number of nitrogens with zero attached hydrogens (tertiary/aromatic N) is 1. The van der Waals surface area contributed by atoms with Gasteiger partial charge in [-0.05, 0) is 18.6 Å². The van der Waals surface area contributed by atoms with E-state index in [9.17, 15) is 10.1 Å². The molecule has 5 heteroatoms. The Bertz CT molecular complexity index is 359. The molecule has 5 nitrogen and oxygen atoms in total. The molecule has 0 heterocycles. The predicted octanol–water partition coefficient (Wildman–Crippen LogP) is 2.04. The molecule has 0 saturated heterocycles. The molecule has 1 aliphatic rings. The average molecular weight is 225 g/mol. The molecule has 0 N–H and O–H groups in total. The molecule has 88 valence electrons. The van der Waals surface area contributed by atoms with Gasteiger partial charge in [-0.2, -0.15) is 0 Å². The van der Waals surface area contributed by atoms with E-state index in [-0.39, 0.29) is 12.2 Å². The summed E-state index contributed by atoms with van der Waals surface area (Å²) in [6.07, 6.45) is 5.03. The van der Waals surface area contributed by atoms with E-state index in [1.165, 1.54) is 7.11 Å². The lowest BCUT2D eigenvalue weighted by Gasteiger charge is -2.28. The molecule has 0 fully saturated rings. The van der Waals surface area contributed by atoms with Crippen LogP contribution < -0.4 is 0 Å². The first-order chi connectivity index (χ1) is 7.60. The highest BCUT2D eigenvalue weighted by molar-refractivity contribution is 5.32. The van der Waals surface area contributed by atoms with Crippen LogP contribution in [0.1, 0.15) is 13.3 Å². The third kappa shape index (κ3) is 1.99.